The molecular weight excluding hydrogens is 440 g/mol. The Kier molecular flexibility index (Phi) is 6.45. The topological polar surface area (TPSA) is 144 Å². The van der Waals surface area contributed by atoms with Gasteiger partial charge in [-0.3, -0.25) is 29.8 Å². The van der Waals surface area contributed by atoms with E-state index in [2.05, 4.69) is 10.6 Å². The van der Waals surface area contributed by atoms with Gasteiger partial charge in [0, 0.05) is 34.1 Å². The predicted octanol–water partition coefficient (Wildman–Crippen LogP) is 4.97. The van der Waals surface area contributed by atoms with Gasteiger partial charge >= 0.3 is 0 Å². The molecule has 0 spiro atoms. The van der Waals surface area contributed by atoms with Crippen LogP contribution in [0, 0.1) is 27.2 Å². The van der Waals surface area contributed by atoms with E-state index < -0.39 is 33.0 Å². The minimum Gasteiger partial charge on any atom is -0.322 e. The van der Waals surface area contributed by atoms with E-state index in [0.29, 0.717) is 16.3 Å². The van der Waals surface area contributed by atoms with Crippen LogP contribution in [0.2, 0.25) is 5.02 Å². The highest BCUT2D eigenvalue weighted by molar-refractivity contribution is 6.31. The van der Waals surface area contributed by atoms with Crippen LogP contribution < -0.4 is 10.6 Å². The van der Waals surface area contributed by atoms with E-state index in [-0.39, 0.29) is 16.8 Å². The Labute approximate surface area is 186 Å². The highest BCUT2D eigenvalue weighted by atomic mass is 35.5. The van der Waals surface area contributed by atoms with Crippen molar-refractivity contribution < 1.29 is 19.4 Å². The van der Waals surface area contributed by atoms with Gasteiger partial charge in [0.2, 0.25) is 0 Å². The minimum atomic E-state index is -0.787. The number of carbonyl (C=O) groups excluding carboxylic acids is 2. The van der Waals surface area contributed by atoms with Crippen LogP contribution in [-0.2, 0) is 0 Å². The molecule has 0 unspecified atom stereocenters. The first-order valence-electron chi connectivity index (χ1n) is 9.07. The largest absolute Gasteiger partial charge is 0.322 e. The number of benzene rings is 3. The second kappa shape index (κ2) is 9.23. The number of nitrogens with one attached hydrogen (secondary N) is 2. The van der Waals surface area contributed by atoms with Gasteiger partial charge in [0.15, 0.2) is 0 Å². The number of amides is 2. The Morgan fingerprint density at radius 1 is 0.781 bits per heavy atom. The summed E-state index contributed by atoms with van der Waals surface area (Å²) in [5, 5.41) is 28.0. The zero-order chi connectivity index (χ0) is 23.4. The van der Waals surface area contributed by atoms with Crippen molar-refractivity contribution in [1.29, 1.82) is 0 Å². The molecule has 2 N–H and O–H groups in total. The molecule has 0 aliphatic carbocycles. The average molecular weight is 455 g/mol. The van der Waals surface area contributed by atoms with E-state index in [1.807, 2.05) is 0 Å². The molecule has 0 radical (unpaired) electrons. The fourth-order valence-electron chi connectivity index (χ4n) is 2.91. The van der Waals surface area contributed by atoms with Crippen LogP contribution in [0.25, 0.3) is 0 Å². The highest BCUT2D eigenvalue weighted by Gasteiger charge is 2.25. The molecule has 0 saturated carbocycles. The van der Waals surface area contributed by atoms with Gasteiger partial charge in [-0.05, 0) is 43.3 Å². The van der Waals surface area contributed by atoms with Gasteiger partial charge in [0.1, 0.15) is 5.56 Å². The lowest BCUT2D eigenvalue weighted by atomic mass is 10.1. The van der Waals surface area contributed by atoms with E-state index >= 15 is 0 Å². The first-order chi connectivity index (χ1) is 15.2. The second-order valence-electron chi connectivity index (χ2n) is 6.65. The maximum Gasteiger partial charge on any atom is 0.279 e. The number of hydrogen-bond acceptors (Lipinski definition) is 6. The summed E-state index contributed by atoms with van der Waals surface area (Å²) in [6.45, 7) is 1.24. The number of nitro benzene ring substituents is 2. The molecule has 0 saturated heterocycles. The summed E-state index contributed by atoms with van der Waals surface area (Å²) in [6.07, 6.45) is 0. The fraction of sp³-hybridized carbons (Fsp3) is 0.0476. The average Bonchev–Trinajstić information content (AvgIpc) is 2.73. The molecule has 0 aliphatic heterocycles. The summed E-state index contributed by atoms with van der Waals surface area (Å²) < 4.78 is 0. The van der Waals surface area contributed by atoms with Crippen molar-refractivity contribution in [1.82, 2.24) is 0 Å². The van der Waals surface area contributed by atoms with Crippen molar-refractivity contribution in [2.24, 2.45) is 0 Å². The normalized spacial score (nSPS) is 10.3. The zero-order valence-electron chi connectivity index (χ0n) is 16.5. The number of rotatable bonds is 6. The molecule has 0 aromatic heterocycles. The van der Waals surface area contributed by atoms with Gasteiger partial charge in [-0.2, -0.15) is 0 Å². The van der Waals surface area contributed by atoms with Gasteiger partial charge in [-0.1, -0.05) is 23.7 Å². The molecule has 0 fully saturated rings. The summed E-state index contributed by atoms with van der Waals surface area (Å²) in [6, 6.07) is 14.5. The number of carbonyl (C=O) groups is 2. The Morgan fingerprint density at radius 2 is 1.28 bits per heavy atom. The van der Waals surface area contributed by atoms with Gasteiger partial charge in [-0.15, -0.1) is 0 Å². The Bertz CT molecular complexity index is 1230. The fourth-order valence-corrected chi connectivity index (χ4v) is 3.10. The number of nitro groups is 2. The van der Waals surface area contributed by atoms with E-state index in [1.165, 1.54) is 25.1 Å². The van der Waals surface area contributed by atoms with Crippen LogP contribution in [0.1, 0.15) is 26.3 Å². The SMILES string of the molecule is Cc1c([N+](=O)[O-])cc(C(=O)Nc2cccc(NC(=O)c3cccc(Cl)c3)c2)cc1[N+](=O)[O-]. The number of anilines is 2. The second-order valence-corrected chi connectivity index (χ2v) is 7.09. The third-order valence-electron chi connectivity index (χ3n) is 4.47. The monoisotopic (exact) mass is 454 g/mol. The number of nitrogens with zero attached hydrogens (tertiary/aromatic N) is 2. The van der Waals surface area contributed by atoms with E-state index in [4.69, 9.17) is 11.6 Å². The molecule has 11 heteroatoms. The molecule has 3 rings (SSSR count). The number of halogens is 1. The van der Waals surface area contributed by atoms with Crippen LogP contribution >= 0.6 is 11.6 Å². The van der Waals surface area contributed by atoms with E-state index in [9.17, 15) is 29.8 Å². The van der Waals surface area contributed by atoms with Crippen LogP contribution in [0.3, 0.4) is 0 Å². The molecule has 10 nitrogen and oxygen atoms in total. The third-order valence-corrected chi connectivity index (χ3v) is 4.71. The lowest BCUT2D eigenvalue weighted by molar-refractivity contribution is -0.395. The standard InChI is InChI=1S/C21H15ClN4O6/c1-12-18(25(29)30)9-14(10-19(12)26(31)32)21(28)24-17-7-3-6-16(11-17)23-20(27)13-4-2-5-15(22)8-13/h2-11H,1H3,(H,23,27)(H,24,28). The third kappa shape index (κ3) is 5.05. The minimum absolute atomic E-state index is 0.151. The summed E-state index contributed by atoms with van der Waals surface area (Å²) in [5.41, 5.74) is -0.493. The first kappa shape index (κ1) is 22.4. The molecular formula is C21H15ClN4O6. The lowest BCUT2D eigenvalue weighted by Gasteiger charge is -2.10. The van der Waals surface area contributed by atoms with Crippen LogP contribution in [0.5, 0.6) is 0 Å². The molecule has 3 aromatic rings. The molecule has 32 heavy (non-hydrogen) atoms. The Morgan fingerprint density at radius 3 is 1.78 bits per heavy atom. The quantitative estimate of drug-likeness (QED) is 0.397. The summed E-state index contributed by atoms with van der Waals surface area (Å²) >= 11 is 5.89. The molecule has 3 aromatic carbocycles. The van der Waals surface area contributed by atoms with Gasteiger partial charge in [0.25, 0.3) is 23.2 Å². The molecule has 0 bridgehead atoms. The summed E-state index contributed by atoms with van der Waals surface area (Å²) in [5.74, 6) is -1.20. The van der Waals surface area contributed by atoms with Crippen molar-refractivity contribution in [3.63, 3.8) is 0 Å². The Balaban J connectivity index is 1.82. The van der Waals surface area contributed by atoms with Crippen molar-refractivity contribution in [2.45, 2.75) is 6.92 Å². The smallest absolute Gasteiger partial charge is 0.279 e. The highest BCUT2D eigenvalue weighted by Crippen LogP contribution is 2.30. The van der Waals surface area contributed by atoms with Crippen LogP contribution in [0.4, 0.5) is 22.7 Å². The first-order valence-corrected chi connectivity index (χ1v) is 9.45. The van der Waals surface area contributed by atoms with Gasteiger partial charge in [-0.25, -0.2) is 0 Å². The maximum absolute atomic E-state index is 12.6. The summed E-state index contributed by atoms with van der Waals surface area (Å²) in [4.78, 5) is 45.8. The molecule has 0 atom stereocenters. The van der Waals surface area contributed by atoms with Crippen molar-refractivity contribution >= 4 is 46.2 Å². The van der Waals surface area contributed by atoms with Gasteiger partial charge in [0.05, 0.1) is 15.4 Å². The summed E-state index contributed by atoms with van der Waals surface area (Å²) in [7, 11) is 0. The van der Waals surface area contributed by atoms with Crippen LogP contribution in [-0.4, -0.2) is 21.7 Å². The van der Waals surface area contributed by atoms with Gasteiger partial charge < -0.3 is 10.6 Å². The van der Waals surface area contributed by atoms with E-state index in [0.717, 1.165) is 12.1 Å². The van der Waals surface area contributed by atoms with E-state index in [1.54, 1.807) is 30.3 Å². The Hall–Kier alpha value is -4.31. The number of hydrogen-bond donors (Lipinski definition) is 2. The lowest BCUT2D eigenvalue weighted by Crippen LogP contribution is -2.14. The predicted molar refractivity (Wildman–Crippen MR) is 118 cm³/mol. The van der Waals surface area contributed by atoms with Crippen molar-refractivity contribution in [2.75, 3.05) is 10.6 Å². The van der Waals surface area contributed by atoms with Crippen LogP contribution in [0.15, 0.2) is 60.7 Å². The molecule has 0 heterocycles. The molecule has 0 aliphatic rings. The van der Waals surface area contributed by atoms with Crippen molar-refractivity contribution in [3.05, 3.63) is 103 Å². The maximum atomic E-state index is 12.6. The molecule has 162 valence electrons. The van der Waals surface area contributed by atoms with Crippen molar-refractivity contribution in [3.8, 4) is 0 Å². The molecule has 2 amide bonds. The zero-order valence-corrected chi connectivity index (χ0v) is 17.3.